The third-order valence-electron chi connectivity index (χ3n) is 4.52. The summed E-state index contributed by atoms with van der Waals surface area (Å²) < 4.78 is 0. The Morgan fingerprint density at radius 3 is 2.50 bits per heavy atom. The van der Waals surface area contributed by atoms with Crippen LogP contribution in [0.2, 0.25) is 0 Å². The van der Waals surface area contributed by atoms with E-state index in [2.05, 4.69) is 15.5 Å². The number of rotatable bonds is 5. The van der Waals surface area contributed by atoms with Crippen molar-refractivity contribution in [2.75, 3.05) is 5.32 Å². The fourth-order valence-electron chi connectivity index (χ4n) is 2.99. The Bertz CT molecular complexity index is 976. The van der Waals surface area contributed by atoms with Crippen LogP contribution in [0.5, 0.6) is 0 Å². The van der Waals surface area contributed by atoms with Crippen LogP contribution in [-0.4, -0.2) is 22.7 Å². The molecule has 140 valence electrons. The van der Waals surface area contributed by atoms with Crippen LogP contribution in [0.1, 0.15) is 28.5 Å². The molecule has 1 aromatic heterocycles. The third kappa shape index (κ3) is 4.05. The average Bonchev–Trinajstić information content (AvgIpc) is 3.26. The van der Waals surface area contributed by atoms with Crippen molar-refractivity contribution in [1.29, 1.82) is 0 Å². The molecule has 2 atom stereocenters. The molecular weight excluding hydrogens is 374 g/mol. The second kappa shape index (κ2) is 8.23. The topological polar surface area (TPSA) is 63.6 Å². The van der Waals surface area contributed by atoms with Crippen molar-refractivity contribution in [2.24, 2.45) is 5.16 Å². The summed E-state index contributed by atoms with van der Waals surface area (Å²) in [5.74, 6) is -0.235. The molecule has 1 aliphatic rings. The molecule has 2 aromatic carbocycles. The number of aromatic nitrogens is 1. The molecule has 0 saturated carbocycles. The summed E-state index contributed by atoms with van der Waals surface area (Å²) in [7, 11) is 0. The molecule has 5 nitrogen and oxygen atoms in total. The van der Waals surface area contributed by atoms with Gasteiger partial charge in [-0.3, -0.25) is 9.78 Å². The van der Waals surface area contributed by atoms with Gasteiger partial charge in [-0.2, -0.15) is 0 Å². The zero-order valence-corrected chi connectivity index (χ0v) is 15.7. The lowest BCUT2D eigenvalue weighted by atomic mass is 10.0. The fourth-order valence-corrected chi connectivity index (χ4v) is 3.29. The maximum Gasteiger partial charge on any atom is 0.268 e. The molecule has 0 saturated heterocycles. The number of nitrogens with one attached hydrogen (secondary N) is 1. The van der Waals surface area contributed by atoms with Gasteiger partial charge < -0.3 is 10.2 Å². The van der Waals surface area contributed by atoms with E-state index in [1.54, 1.807) is 12.4 Å². The number of hydrogen-bond donors (Lipinski definition) is 1. The van der Waals surface area contributed by atoms with Gasteiger partial charge in [0.05, 0.1) is 11.1 Å². The van der Waals surface area contributed by atoms with E-state index in [1.165, 1.54) is 0 Å². The van der Waals surface area contributed by atoms with Gasteiger partial charge in [0, 0.05) is 30.1 Å². The maximum atomic E-state index is 12.5. The molecule has 0 aliphatic carbocycles. The number of benzene rings is 2. The third-order valence-corrected chi connectivity index (χ3v) is 5.02. The lowest BCUT2D eigenvalue weighted by Gasteiger charge is -2.13. The van der Waals surface area contributed by atoms with Gasteiger partial charge in [0.1, 0.15) is 0 Å². The normalized spacial score (nSPS) is 16.8. The van der Waals surface area contributed by atoms with Crippen LogP contribution < -0.4 is 5.32 Å². The lowest BCUT2D eigenvalue weighted by molar-refractivity contribution is -0.125. The van der Waals surface area contributed by atoms with E-state index in [-0.39, 0.29) is 11.3 Å². The summed E-state index contributed by atoms with van der Waals surface area (Å²) in [6.45, 7) is 0. The molecular formula is C22H18ClN3O2. The Morgan fingerprint density at radius 1 is 1.04 bits per heavy atom. The molecule has 1 aliphatic heterocycles. The number of carbonyl (C=O) groups excluding carboxylic acids is 1. The lowest BCUT2D eigenvalue weighted by Crippen LogP contribution is -2.28. The quantitative estimate of drug-likeness (QED) is 0.649. The van der Waals surface area contributed by atoms with Crippen molar-refractivity contribution in [3.63, 3.8) is 0 Å². The fraction of sp³-hybridized carbons (Fsp3) is 0.136. The standard InChI is InChI=1S/C22H18ClN3O2/c23-21(15-5-2-1-3-6-15)16-8-10-18(11-9-16)25-22(27)20-13-19(26-28-20)17-7-4-12-24-14-17/h1-12,14,20-21H,13H2,(H,25,27)/t20-,21?/m0/s1. The number of amides is 1. The van der Waals surface area contributed by atoms with Crippen LogP contribution in [0.3, 0.4) is 0 Å². The van der Waals surface area contributed by atoms with Crippen LogP contribution in [0.25, 0.3) is 0 Å². The van der Waals surface area contributed by atoms with Gasteiger partial charge in [0.15, 0.2) is 0 Å². The summed E-state index contributed by atoms with van der Waals surface area (Å²) in [5.41, 5.74) is 4.25. The monoisotopic (exact) mass is 391 g/mol. The van der Waals surface area contributed by atoms with E-state index in [9.17, 15) is 4.79 Å². The molecule has 0 spiro atoms. The largest absolute Gasteiger partial charge is 0.382 e. The molecule has 0 fully saturated rings. The summed E-state index contributed by atoms with van der Waals surface area (Å²) in [5, 5.41) is 6.65. The molecule has 28 heavy (non-hydrogen) atoms. The Balaban J connectivity index is 1.37. The first-order chi connectivity index (χ1) is 13.7. The number of carbonyl (C=O) groups is 1. The van der Waals surface area contributed by atoms with Gasteiger partial charge in [-0.1, -0.05) is 47.6 Å². The van der Waals surface area contributed by atoms with Crippen molar-refractivity contribution in [2.45, 2.75) is 17.9 Å². The number of oxime groups is 1. The van der Waals surface area contributed by atoms with E-state index in [0.717, 1.165) is 22.4 Å². The van der Waals surface area contributed by atoms with E-state index in [0.29, 0.717) is 12.1 Å². The number of halogens is 1. The van der Waals surface area contributed by atoms with Crippen LogP contribution >= 0.6 is 11.6 Å². The molecule has 6 heteroatoms. The van der Waals surface area contributed by atoms with E-state index >= 15 is 0 Å². The highest BCUT2D eigenvalue weighted by atomic mass is 35.5. The Morgan fingerprint density at radius 2 is 1.79 bits per heavy atom. The van der Waals surface area contributed by atoms with Crippen LogP contribution in [0.15, 0.2) is 84.3 Å². The van der Waals surface area contributed by atoms with Gasteiger partial charge in [-0.25, -0.2) is 0 Å². The Kier molecular flexibility index (Phi) is 5.35. The van der Waals surface area contributed by atoms with Crippen molar-refractivity contribution in [3.05, 3.63) is 95.8 Å². The van der Waals surface area contributed by atoms with Gasteiger partial charge in [-0.05, 0) is 35.4 Å². The SMILES string of the molecule is O=C(Nc1ccc(C(Cl)c2ccccc2)cc1)[C@@H]1CC(c2cccnc2)=NO1. The predicted octanol–water partition coefficient (Wildman–Crippen LogP) is 4.54. The molecule has 3 aromatic rings. The van der Waals surface area contributed by atoms with Crippen LogP contribution in [0.4, 0.5) is 5.69 Å². The summed E-state index contributed by atoms with van der Waals surface area (Å²) in [4.78, 5) is 21.8. The summed E-state index contributed by atoms with van der Waals surface area (Å²) >= 11 is 6.54. The van der Waals surface area contributed by atoms with Crippen LogP contribution in [-0.2, 0) is 9.63 Å². The zero-order chi connectivity index (χ0) is 19.3. The number of pyridine rings is 1. The first-order valence-electron chi connectivity index (χ1n) is 8.93. The minimum atomic E-state index is -0.653. The zero-order valence-electron chi connectivity index (χ0n) is 15.0. The number of hydrogen-bond acceptors (Lipinski definition) is 4. The molecule has 1 unspecified atom stereocenters. The minimum Gasteiger partial charge on any atom is -0.382 e. The first-order valence-corrected chi connectivity index (χ1v) is 9.37. The molecule has 0 radical (unpaired) electrons. The summed E-state index contributed by atoms with van der Waals surface area (Å²) in [6, 6.07) is 21.1. The van der Waals surface area contributed by atoms with E-state index < -0.39 is 6.10 Å². The number of anilines is 1. The highest BCUT2D eigenvalue weighted by molar-refractivity contribution is 6.22. The molecule has 4 rings (SSSR count). The second-order valence-corrected chi connectivity index (χ2v) is 6.90. The highest BCUT2D eigenvalue weighted by Gasteiger charge is 2.29. The molecule has 0 bridgehead atoms. The Hall–Kier alpha value is -3.18. The molecule has 2 heterocycles. The smallest absolute Gasteiger partial charge is 0.268 e. The highest BCUT2D eigenvalue weighted by Crippen LogP contribution is 2.29. The first kappa shape index (κ1) is 18.2. The van der Waals surface area contributed by atoms with Crippen molar-refractivity contribution in [3.8, 4) is 0 Å². The van der Waals surface area contributed by atoms with Gasteiger partial charge in [0.25, 0.3) is 5.91 Å². The van der Waals surface area contributed by atoms with E-state index in [4.69, 9.17) is 16.4 Å². The number of alkyl halides is 1. The van der Waals surface area contributed by atoms with Crippen molar-refractivity contribution >= 4 is 28.9 Å². The van der Waals surface area contributed by atoms with Crippen LogP contribution in [0, 0.1) is 0 Å². The van der Waals surface area contributed by atoms with Gasteiger partial charge >= 0.3 is 0 Å². The maximum absolute atomic E-state index is 12.5. The molecule has 1 amide bonds. The predicted molar refractivity (Wildman–Crippen MR) is 109 cm³/mol. The summed E-state index contributed by atoms with van der Waals surface area (Å²) in [6.07, 6.45) is 3.15. The minimum absolute atomic E-state index is 0.235. The van der Waals surface area contributed by atoms with Gasteiger partial charge in [0.2, 0.25) is 6.10 Å². The van der Waals surface area contributed by atoms with E-state index in [1.807, 2.05) is 66.7 Å². The number of nitrogens with zero attached hydrogens (tertiary/aromatic N) is 2. The van der Waals surface area contributed by atoms with Crippen molar-refractivity contribution < 1.29 is 9.63 Å². The Labute approximate surface area is 168 Å². The van der Waals surface area contributed by atoms with Crippen molar-refractivity contribution in [1.82, 2.24) is 4.98 Å². The molecule has 1 N–H and O–H groups in total. The average molecular weight is 392 g/mol. The second-order valence-electron chi connectivity index (χ2n) is 6.46. The van der Waals surface area contributed by atoms with Gasteiger partial charge in [-0.15, -0.1) is 11.6 Å².